The topological polar surface area (TPSA) is 122 Å². The molecule has 1 fully saturated rings. The molecule has 148 valence electrons. The van der Waals surface area contributed by atoms with Gasteiger partial charge in [-0.15, -0.1) is 11.3 Å². The highest BCUT2D eigenvalue weighted by Crippen LogP contribution is 2.45. The molecule has 0 aliphatic carbocycles. The van der Waals surface area contributed by atoms with Gasteiger partial charge in [-0.25, -0.2) is 4.79 Å². The Bertz CT molecular complexity index is 934. The van der Waals surface area contributed by atoms with Gasteiger partial charge in [0, 0.05) is 6.07 Å². The van der Waals surface area contributed by atoms with Crippen LogP contribution in [0, 0.1) is 16.0 Å². The second-order valence-corrected chi connectivity index (χ2v) is 6.92. The fourth-order valence-corrected chi connectivity index (χ4v) is 3.79. The molecule has 1 aromatic heterocycles. The van der Waals surface area contributed by atoms with E-state index in [4.69, 9.17) is 0 Å². The van der Waals surface area contributed by atoms with Gasteiger partial charge in [-0.1, -0.05) is 24.3 Å². The summed E-state index contributed by atoms with van der Waals surface area (Å²) in [5, 5.41) is 26.6. The Balaban J connectivity index is 2.23. The molecule has 0 saturated carbocycles. The third-order valence-corrected chi connectivity index (χ3v) is 5.21. The van der Waals surface area contributed by atoms with Crippen LogP contribution in [-0.4, -0.2) is 33.7 Å². The third kappa shape index (κ3) is 3.20. The maximum absolute atomic E-state index is 13.7. The summed E-state index contributed by atoms with van der Waals surface area (Å²) in [5.74, 6) is -3.42. The minimum atomic E-state index is -5.43. The van der Waals surface area contributed by atoms with Crippen molar-refractivity contribution >= 4 is 28.8 Å². The van der Waals surface area contributed by atoms with E-state index in [2.05, 4.69) is 5.32 Å². The Labute approximate surface area is 159 Å². The largest absolute Gasteiger partial charge is 0.437 e. The van der Waals surface area contributed by atoms with Crippen molar-refractivity contribution in [2.75, 3.05) is 0 Å². The molecule has 28 heavy (non-hydrogen) atoms. The van der Waals surface area contributed by atoms with E-state index in [0.717, 1.165) is 23.5 Å². The van der Waals surface area contributed by atoms with E-state index in [9.17, 15) is 38.0 Å². The summed E-state index contributed by atoms with van der Waals surface area (Å²) in [4.78, 5) is 35.1. The van der Waals surface area contributed by atoms with Gasteiger partial charge < -0.3 is 15.7 Å². The van der Waals surface area contributed by atoms with Gasteiger partial charge in [0.15, 0.2) is 5.78 Å². The van der Waals surface area contributed by atoms with Crippen LogP contribution in [0.15, 0.2) is 41.8 Å². The smallest absolute Gasteiger partial charge is 0.363 e. The van der Waals surface area contributed by atoms with E-state index < -0.39 is 46.3 Å². The van der Waals surface area contributed by atoms with Crippen molar-refractivity contribution in [3.63, 3.8) is 0 Å². The summed E-state index contributed by atoms with van der Waals surface area (Å²) in [6.07, 6.45) is -5.43. The van der Waals surface area contributed by atoms with Crippen LogP contribution in [0.2, 0.25) is 0 Å². The first-order valence-electron chi connectivity index (χ1n) is 7.75. The number of Topliss-reactive ketones (excluding diaryl/α,β-unsaturated/α-hetero) is 1. The molecular formula is C16H12F3N3O5S. The van der Waals surface area contributed by atoms with Crippen molar-refractivity contribution in [3.8, 4) is 0 Å². The summed E-state index contributed by atoms with van der Waals surface area (Å²) in [7, 11) is 0. The van der Waals surface area contributed by atoms with Gasteiger partial charge in [0.2, 0.25) is 5.72 Å². The molecule has 2 aromatic rings. The number of nitro groups is 1. The van der Waals surface area contributed by atoms with Crippen LogP contribution in [0.5, 0.6) is 0 Å². The number of carbonyl (C=O) groups excluding carboxylic acids is 2. The van der Waals surface area contributed by atoms with E-state index >= 15 is 0 Å². The Kier molecular flexibility index (Phi) is 4.85. The minimum absolute atomic E-state index is 0.103. The number of hydrogen-bond donors (Lipinski definition) is 3. The number of amides is 2. The van der Waals surface area contributed by atoms with Crippen LogP contribution in [0.3, 0.4) is 0 Å². The summed E-state index contributed by atoms with van der Waals surface area (Å²) < 4.78 is 41.2. The lowest BCUT2D eigenvalue weighted by Gasteiger charge is -2.44. The molecular weight excluding hydrogens is 403 g/mol. The van der Waals surface area contributed by atoms with Gasteiger partial charge in [0.25, 0.3) is 5.69 Å². The SMILES string of the molecule is O=C1N[C@H](c2ccccc2[N+](=O)[O-])[C@@H](C(=O)c2cccs2)[C@@](O)(C(F)(F)F)N1. The fourth-order valence-electron chi connectivity index (χ4n) is 3.09. The van der Waals surface area contributed by atoms with Gasteiger partial charge in [-0.2, -0.15) is 13.2 Å². The van der Waals surface area contributed by atoms with Crippen LogP contribution < -0.4 is 10.6 Å². The molecule has 0 unspecified atom stereocenters. The predicted octanol–water partition coefficient (Wildman–Crippen LogP) is 2.76. The van der Waals surface area contributed by atoms with Crippen LogP contribution in [0.4, 0.5) is 23.7 Å². The molecule has 1 saturated heterocycles. The molecule has 0 bridgehead atoms. The number of carbonyl (C=O) groups is 2. The Morgan fingerprint density at radius 1 is 1.25 bits per heavy atom. The van der Waals surface area contributed by atoms with Gasteiger partial charge in [-0.3, -0.25) is 14.9 Å². The average Bonchev–Trinajstić information content (AvgIpc) is 3.14. The number of rotatable bonds is 4. The van der Waals surface area contributed by atoms with Crippen molar-refractivity contribution in [2.45, 2.75) is 17.9 Å². The van der Waals surface area contributed by atoms with Gasteiger partial charge in [0.05, 0.1) is 21.4 Å². The van der Waals surface area contributed by atoms with Crippen LogP contribution >= 0.6 is 11.3 Å². The number of halogens is 3. The summed E-state index contributed by atoms with van der Waals surface area (Å²) in [5.41, 5.74) is -4.85. The number of thiophene rings is 1. The number of aliphatic hydroxyl groups is 1. The van der Waals surface area contributed by atoms with Crippen molar-refractivity contribution < 1.29 is 32.8 Å². The Morgan fingerprint density at radius 2 is 1.93 bits per heavy atom. The predicted molar refractivity (Wildman–Crippen MR) is 90.6 cm³/mol. The van der Waals surface area contributed by atoms with Crippen molar-refractivity contribution in [1.82, 2.24) is 10.6 Å². The zero-order chi connectivity index (χ0) is 20.7. The molecule has 0 spiro atoms. The summed E-state index contributed by atoms with van der Waals surface area (Å²) in [6.45, 7) is 0. The number of alkyl halides is 3. The van der Waals surface area contributed by atoms with E-state index in [1.54, 1.807) is 0 Å². The number of para-hydroxylation sites is 1. The highest BCUT2D eigenvalue weighted by atomic mass is 32.1. The van der Waals surface area contributed by atoms with Crippen molar-refractivity contribution in [2.24, 2.45) is 5.92 Å². The van der Waals surface area contributed by atoms with Crippen LogP contribution in [-0.2, 0) is 0 Å². The maximum Gasteiger partial charge on any atom is 0.437 e. The highest BCUT2D eigenvalue weighted by molar-refractivity contribution is 7.12. The number of urea groups is 1. The first-order chi connectivity index (χ1) is 13.1. The lowest BCUT2D eigenvalue weighted by atomic mass is 9.78. The third-order valence-electron chi connectivity index (χ3n) is 4.32. The number of benzene rings is 1. The molecule has 1 aliphatic rings. The number of nitrogens with one attached hydrogen (secondary N) is 2. The summed E-state index contributed by atoms with van der Waals surface area (Å²) >= 11 is 0.842. The zero-order valence-corrected chi connectivity index (χ0v) is 14.6. The van der Waals surface area contributed by atoms with Crippen LogP contribution in [0.25, 0.3) is 0 Å². The molecule has 1 aromatic carbocycles. The average molecular weight is 415 g/mol. The lowest BCUT2D eigenvalue weighted by Crippen LogP contribution is -2.72. The highest BCUT2D eigenvalue weighted by Gasteiger charge is 2.67. The number of hydrogen-bond acceptors (Lipinski definition) is 6. The van der Waals surface area contributed by atoms with E-state index in [1.165, 1.54) is 35.0 Å². The molecule has 12 heteroatoms. The van der Waals surface area contributed by atoms with Gasteiger partial charge in [-0.05, 0) is 11.4 Å². The Morgan fingerprint density at radius 3 is 2.50 bits per heavy atom. The van der Waals surface area contributed by atoms with Gasteiger partial charge in [0.1, 0.15) is 5.92 Å². The molecule has 0 radical (unpaired) electrons. The first-order valence-corrected chi connectivity index (χ1v) is 8.63. The van der Waals surface area contributed by atoms with E-state index in [-0.39, 0.29) is 10.4 Å². The molecule has 3 atom stereocenters. The second kappa shape index (κ2) is 6.87. The number of nitrogens with zero attached hydrogens (tertiary/aromatic N) is 1. The Hall–Kier alpha value is -2.99. The lowest BCUT2D eigenvalue weighted by molar-refractivity contribution is -0.386. The van der Waals surface area contributed by atoms with Gasteiger partial charge >= 0.3 is 12.2 Å². The molecule has 1 aliphatic heterocycles. The van der Waals surface area contributed by atoms with E-state index in [1.807, 2.05) is 0 Å². The van der Waals surface area contributed by atoms with Crippen molar-refractivity contribution in [3.05, 3.63) is 62.3 Å². The molecule has 2 amide bonds. The fraction of sp³-hybridized carbons (Fsp3) is 0.250. The number of nitro benzene ring substituents is 1. The number of ketones is 1. The minimum Gasteiger partial charge on any atom is -0.363 e. The monoisotopic (exact) mass is 415 g/mol. The van der Waals surface area contributed by atoms with Crippen LogP contribution in [0.1, 0.15) is 21.3 Å². The summed E-state index contributed by atoms with van der Waals surface area (Å²) in [6, 6.07) is 4.24. The molecule has 3 rings (SSSR count). The normalized spacial score (nSPS) is 24.9. The second-order valence-electron chi connectivity index (χ2n) is 5.98. The standard InChI is InChI=1S/C16H12F3N3O5S/c17-16(18,19)15(25)11(13(23)10-6-3-7-28-10)12(20-14(24)21-15)8-4-1-2-5-9(8)22(26)27/h1-7,11-12,25H,(H2,20,21,24)/t11-,12+,15+/m0/s1. The maximum atomic E-state index is 13.7. The molecule has 8 nitrogen and oxygen atoms in total. The first kappa shape index (κ1) is 19.8. The van der Waals surface area contributed by atoms with E-state index in [0.29, 0.717) is 0 Å². The quantitative estimate of drug-likeness (QED) is 0.403. The molecule has 2 heterocycles. The molecule has 3 N–H and O–H groups in total. The van der Waals surface area contributed by atoms with Crippen molar-refractivity contribution in [1.29, 1.82) is 0 Å². The zero-order valence-electron chi connectivity index (χ0n) is 13.8.